The van der Waals surface area contributed by atoms with Crippen molar-refractivity contribution in [3.05, 3.63) is 70.8 Å². The summed E-state index contributed by atoms with van der Waals surface area (Å²) in [6.45, 7) is 3.88. The van der Waals surface area contributed by atoms with Crippen LogP contribution in [-0.4, -0.2) is 38.2 Å². The molecule has 8 nitrogen and oxygen atoms in total. The molecule has 1 aliphatic rings. The van der Waals surface area contributed by atoms with Crippen LogP contribution in [-0.2, 0) is 25.5 Å². The van der Waals surface area contributed by atoms with E-state index in [4.69, 9.17) is 21.1 Å². The normalized spacial score (nSPS) is 15.3. The predicted octanol–water partition coefficient (Wildman–Crippen LogP) is 3.23. The standard InChI is InChI=1S/C25H30ClFN4O4/c1-4-35-24(33)25(2,15-34-3)13-19(29-23(32)22-14-28-31-30-22)11-16-5-7-17(8-6-16)20-12-18(26)9-10-21(20)27/h5-10,12,14,19,28,30-31H,4,11,13,15H2,1-3H3,(H,29,32)/t19-,25+/m1/s1. The molecular formula is C25H30ClFN4O4. The molecule has 0 aliphatic carbocycles. The Kier molecular flexibility index (Phi) is 9.08. The zero-order chi connectivity index (χ0) is 25.4. The van der Waals surface area contributed by atoms with Crippen LogP contribution in [0.15, 0.2) is 54.4 Å². The Hall–Kier alpha value is -3.14. The highest BCUT2D eigenvalue weighted by atomic mass is 35.5. The van der Waals surface area contributed by atoms with Crippen molar-refractivity contribution in [3.63, 3.8) is 0 Å². The summed E-state index contributed by atoms with van der Waals surface area (Å²) in [6, 6.07) is 11.3. The quantitative estimate of drug-likeness (QED) is 0.349. The van der Waals surface area contributed by atoms with Crippen LogP contribution in [0.3, 0.4) is 0 Å². The number of nitrogens with one attached hydrogen (secondary N) is 4. The monoisotopic (exact) mass is 504 g/mol. The van der Waals surface area contributed by atoms with Crippen molar-refractivity contribution in [2.75, 3.05) is 20.3 Å². The first-order chi connectivity index (χ1) is 16.8. The molecular weight excluding hydrogens is 475 g/mol. The van der Waals surface area contributed by atoms with Gasteiger partial charge in [0.2, 0.25) is 0 Å². The van der Waals surface area contributed by atoms with Crippen LogP contribution in [0.25, 0.3) is 11.1 Å². The minimum atomic E-state index is -0.972. The molecule has 1 heterocycles. The number of benzene rings is 2. The fourth-order valence-electron chi connectivity index (χ4n) is 4.00. The summed E-state index contributed by atoms with van der Waals surface area (Å²) >= 11 is 6.03. The van der Waals surface area contributed by atoms with Gasteiger partial charge in [0.05, 0.1) is 18.6 Å². The third kappa shape index (κ3) is 6.94. The molecule has 35 heavy (non-hydrogen) atoms. The largest absolute Gasteiger partial charge is 0.466 e. The van der Waals surface area contributed by atoms with Crippen molar-refractivity contribution in [1.82, 2.24) is 21.7 Å². The molecule has 0 saturated carbocycles. The average molecular weight is 505 g/mol. The van der Waals surface area contributed by atoms with E-state index < -0.39 is 17.4 Å². The number of hydrogen-bond donors (Lipinski definition) is 4. The molecule has 0 spiro atoms. The van der Waals surface area contributed by atoms with Crippen LogP contribution in [0.2, 0.25) is 5.02 Å². The number of halogens is 2. The fourth-order valence-corrected chi connectivity index (χ4v) is 4.17. The molecule has 0 saturated heterocycles. The lowest BCUT2D eigenvalue weighted by Crippen LogP contribution is -2.46. The van der Waals surface area contributed by atoms with Crippen LogP contribution >= 0.6 is 11.6 Å². The van der Waals surface area contributed by atoms with E-state index in [9.17, 15) is 14.0 Å². The molecule has 0 bridgehead atoms. The fraction of sp³-hybridized carbons (Fsp3) is 0.360. The van der Waals surface area contributed by atoms with E-state index in [-0.39, 0.29) is 31.4 Å². The first-order valence-electron chi connectivity index (χ1n) is 11.2. The summed E-state index contributed by atoms with van der Waals surface area (Å²) in [4.78, 5) is 25.5. The number of carbonyl (C=O) groups is 2. The molecule has 0 aromatic heterocycles. The van der Waals surface area contributed by atoms with E-state index in [1.165, 1.54) is 25.4 Å². The molecule has 188 valence electrons. The molecule has 2 aromatic carbocycles. The zero-order valence-corrected chi connectivity index (χ0v) is 20.7. The Morgan fingerprint density at radius 3 is 2.57 bits per heavy atom. The van der Waals surface area contributed by atoms with E-state index in [1.54, 1.807) is 32.0 Å². The van der Waals surface area contributed by atoms with Crippen LogP contribution in [0, 0.1) is 11.2 Å². The van der Waals surface area contributed by atoms with Gasteiger partial charge in [0.1, 0.15) is 11.5 Å². The molecule has 2 aromatic rings. The van der Waals surface area contributed by atoms with Crippen molar-refractivity contribution < 1.29 is 23.5 Å². The number of amides is 1. The third-order valence-corrected chi connectivity index (χ3v) is 5.90. The molecule has 0 fully saturated rings. The second-order valence-corrected chi connectivity index (χ2v) is 9.00. The summed E-state index contributed by atoms with van der Waals surface area (Å²) in [5, 5.41) is 3.44. The van der Waals surface area contributed by atoms with E-state index in [0.29, 0.717) is 28.3 Å². The zero-order valence-electron chi connectivity index (χ0n) is 19.9. The first-order valence-corrected chi connectivity index (χ1v) is 11.6. The van der Waals surface area contributed by atoms with Gasteiger partial charge in [-0.25, -0.2) is 4.39 Å². The number of carbonyl (C=O) groups excluding carboxylic acids is 2. The van der Waals surface area contributed by atoms with Gasteiger partial charge in [0.15, 0.2) is 0 Å². The van der Waals surface area contributed by atoms with Gasteiger partial charge in [0.25, 0.3) is 5.91 Å². The van der Waals surface area contributed by atoms with E-state index in [1.807, 2.05) is 12.1 Å². The van der Waals surface area contributed by atoms with Gasteiger partial charge in [-0.05, 0) is 56.0 Å². The van der Waals surface area contributed by atoms with Gasteiger partial charge in [-0.3, -0.25) is 15.0 Å². The molecule has 10 heteroatoms. The lowest BCUT2D eigenvalue weighted by Gasteiger charge is -2.31. The number of esters is 1. The Morgan fingerprint density at radius 2 is 1.94 bits per heavy atom. The number of hydrogen-bond acceptors (Lipinski definition) is 7. The maximum absolute atomic E-state index is 14.3. The van der Waals surface area contributed by atoms with Crippen molar-refractivity contribution in [1.29, 1.82) is 0 Å². The van der Waals surface area contributed by atoms with E-state index in [2.05, 4.69) is 21.7 Å². The van der Waals surface area contributed by atoms with Gasteiger partial charge < -0.3 is 20.2 Å². The Balaban J connectivity index is 1.83. The third-order valence-electron chi connectivity index (χ3n) is 5.67. The second-order valence-electron chi connectivity index (χ2n) is 8.57. The van der Waals surface area contributed by atoms with Gasteiger partial charge in [0, 0.05) is 29.9 Å². The van der Waals surface area contributed by atoms with Crippen LogP contribution in [0.1, 0.15) is 25.8 Å². The molecule has 4 N–H and O–H groups in total. The van der Waals surface area contributed by atoms with Crippen LogP contribution in [0.4, 0.5) is 4.39 Å². The van der Waals surface area contributed by atoms with Crippen LogP contribution in [0.5, 0.6) is 0 Å². The molecule has 1 amide bonds. The summed E-state index contributed by atoms with van der Waals surface area (Å²) in [6.07, 6.45) is 2.21. The molecule has 0 unspecified atom stereocenters. The molecule has 1 aliphatic heterocycles. The maximum Gasteiger partial charge on any atom is 0.314 e. The highest BCUT2D eigenvalue weighted by molar-refractivity contribution is 6.30. The number of ether oxygens (including phenoxy) is 2. The average Bonchev–Trinajstić information content (AvgIpc) is 3.37. The minimum absolute atomic E-state index is 0.134. The molecule has 0 radical (unpaired) electrons. The summed E-state index contributed by atoms with van der Waals surface area (Å²) in [5.41, 5.74) is 9.36. The lowest BCUT2D eigenvalue weighted by molar-refractivity contribution is -0.158. The van der Waals surface area contributed by atoms with Gasteiger partial charge in [-0.2, -0.15) is 5.53 Å². The summed E-state index contributed by atoms with van der Waals surface area (Å²) in [5.74, 6) is -1.10. The summed E-state index contributed by atoms with van der Waals surface area (Å²) in [7, 11) is 1.52. The van der Waals surface area contributed by atoms with Crippen molar-refractivity contribution >= 4 is 23.5 Å². The minimum Gasteiger partial charge on any atom is -0.466 e. The van der Waals surface area contributed by atoms with E-state index in [0.717, 1.165) is 5.56 Å². The maximum atomic E-state index is 14.3. The second kappa shape index (κ2) is 12.0. The Morgan fingerprint density at radius 1 is 1.20 bits per heavy atom. The lowest BCUT2D eigenvalue weighted by atomic mass is 9.82. The number of methoxy groups -OCH3 is 1. The highest BCUT2D eigenvalue weighted by Gasteiger charge is 2.38. The Labute approximate surface area is 209 Å². The smallest absolute Gasteiger partial charge is 0.314 e. The van der Waals surface area contributed by atoms with Gasteiger partial charge in [-0.1, -0.05) is 35.9 Å². The van der Waals surface area contributed by atoms with E-state index >= 15 is 0 Å². The molecule has 3 rings (SSSR count). The van der Waals surface area contributed by atoms with Gasteiger partial charge >= 0.3 is 5.97 Å². The molecule has 2 atom stereocenters. The topological polar surface area (TPSA) is 101 Å². The van der Waals surface area contributed by atoms with Gasteiger partial charge in [-0.15, -0.1) is 0 Å². The van der Waals surface area contributed by atoms with Crippen molar-refractivity contribution in [2.24, 2.45) is 5.41 Å². The number of rotatable bonds is 11. The number of hydrazine groups is 2. The van der Waals surface area contributed by atoms with Crippen LogP contribution < -0.4 is 21.7 Å². The Bertz CT molecular complexity index is 1080. The predicted molar refractivity (Wildman–Crippen MR) is 131 cm³/mol. The van der Waals surface area contributed by atoms with Crippen molar-refractivity contribution in [2.45, 2.75) is 32.7 Å². The highest BCUT2D eigenvalue weighted by Crippen LogP contribution is 2.29. The SMILES string of the molecule is CCOC(=O)[C@](C)(COC)C[C@@H](Cc1ccc(-c2cc(Cl)ccc2F)cc1)NC(=O)C1=CNNN1. The summed E-state index contributed by atoms with van der Waals surface area (Å²) < 4.78 is 24.9. The van der Waals surface area contributed by atoms with Crippen molar-refractivity contribution in [3.8, 4) is 11.1 Å². The first kappa shape index (κ1) is 26.5.